The van der Waals surface area contributed by atoms with Crippen molar-refractivity contribution in [2.24, 2.45) is 4.99 Å². The van der Waals surface area contributed by atoms with Crippen LogP contribution in [0.4, 0.5) is 0 Å². The molecule has 1 aromatic carbocycles. The first-order valence-electron chi connectivity index (χ1n) is 5.07. The molecule has 0 bridgehead atoms. The SMILES string of the molecule is CC(C)(C)N=c1n(O)c2ccccc2n1O. The van der Waals surface area contributed by atoms with Crippen molar-refractivity contribution in [3.63, 3.8) is 0 Å². The number of imidazole rings is 1. The second-order valence-electron chi connectivity index (χ2n) is 4.69. The largest absolute Gasteiger partial charge is 0.425 e. The van der Waals surface area contributed by atoms with Gasteiger partial charge in [-0.1, -0.05) is 12.1 Å². The molecule has 1 aromatic heterocycles. The maximum atomic E-state index is 9.88. The molecule has 2 N–H and O–H groups in total. The lowest BCUT2D eigenvalue weighted by atomic mass is 10.1. The lowest BCUT2D eigenvalue weighted by Crippen LogP contribution is -2.28. The number of aromatic nitrogens is 2. The van der Waals surface area contributed by atoms with Crippen molar-refractivity contribution in [3.8, 4) is 0 Å². The van der Waals surface area contributed by atoms with Crippen LogP contribution in [0.3, 0.4) is 0 Å². The minimum atomic E-state index is -0.376. The fourth-order valence-electron chi connectivity index (χ4n) is 1.52. The summed E-state index contributed by atoms with van der Waals surface area (Å²) in [5, 5.41) is 19.8. The molecule has 86 valence electrons. The Hall–Kier alpha value is -1.91. The van der Waals surface area contributed by atoms with Gasteiger partial charge >= 0.3 is 0 Å². The summed E-state index contributed by atoms with van der Waals surface area (Å²) >= 11 is 0. The van der Waals surface area contributed by atoms with E-state index in [0.717, 1.165) is 9.46 Å². The second kappa shape index (κ2) is 3.30. The number of hydrogen-bond donors (Lipinski definition) is 2. The molecule has 5 nitrogen and oxygen atoms in total. The summed E-state index contributed by atoms with van der Waals surface area (Å²) in [6.45, 7) is 5.68. The van der Waals surface area contributed by atoms with Gasteiger partial charge in [-0.25, -0.2) is 4.99 Å². The van der Waals surface area contributed by atoms with Crippen LogP contribution in [0.1, 0.15) is 20.8 Å². The van der Waals surface area contributed by atoms with Crippen LogP contribution in [0, 0.1) is 0 Å². The van der Waals surface area contributed by atoms with E-state index < -0.39 is 0 Å². The van der Waals surface area contributed by atoms with E-state index in [1.165, 1.54) is 0 Å². The van der Waals surface area contributed by atoms with Crippen molar-refractivity contribution >= 4 is 11.0 Å². The van der Waals surface area contributed by atoms with Gasteiger partial charge in [0.25, 0.3) is 5.62 Å². The highest BCUT2D eigenvalue weighted by Gasteiger charge is 2.13. The van der Waals surface area contributed by atoms with Gasteiger partial charge in [-0.15, -0.1) is 9.46 Å². The monoisotopic (exact) mass is 221 g/mol. The zero-order chi connectivity index (χ0) is 11.9. The summed E-state index contributed by atoms with van der Waals surface area (Å²) in [4.78, 5) is 4.25. The molecule has 16 heavy (non-hydrogen) atoms. The van der Waals surface area contributed by atoms with E-state index in [1.807, 2.05) is 20.8 Å². The zero-order valence-electron chi connectivity index (χ0n) is 9.55. The van der Waals surface area contributed by atoms with E-state index in [9.17, 15) is 10.4 Å². The number of fused-ring (bicyclic) bond motifs is 1. The normalized spacial score (nSPS) is 11.9. The molecule has 0 atom stereocenters. The number of benzene rings is 1. The Bertz CT molecular complexity index is 545. The maximum absolute atomic E-state index is 9.88. The van der Waals surface area contributed by atoms with Crippen LogP contribution in [0.25, 0.3) is 11.0 Å². The standard InChI is InChI=1S/C11H15N3O2/c1-11(2,3)12-10-13(15)8-6-4-5-7-9(8)14(10)16/h4-7,15-16H,1-3H3. The molecule has 0 saturated carbocycles. The molecule has 0 saturated heterocycles. The molecule has 0 amide bonds. The molecule has 0 aliphatic carbocycles. The van der Waals surface area contributed by atoms with Gasteiger partial charge in [0, 0.05) is 0 Å². The van der Waals surface area contributed by atoms with Gasteiger partial charge in [-0.3, -0.25) is 0 Å². The van der Waals surface area contributed by atoms with Crippen molar-refractivity contribution < 1.29 is 10.4 Å². The predicted octanol–water partition coefficient (Wildman–Crippen LogP) is 1.62. The molecule has 1 heterocycles. The number of hydrogen-bond acceptors (Lipinski definition) is 3. The summed E-state index contributed by atoms with van der Waals surface area (Å²) in [5.41, 5.74) is 0.786. The Labute approximate surface area is 92.8 Å². The molecular weight excluding hydrogens is 206 g/mol. The third-order valence-corrected chi connectivity index (χ3v) is 2.15. The van der Waals surface area contributed by atoms with E-state index in [4.69, 9.17) is 0 Å². The molecule has 0 radical (unpaired) electrons. The summed E-state index contributed by atoms with van der Waals surface area (Å²) in [5.74, 6) is 0. The average Bonchev–Trinajstić information content (AvgIpc) is 2.43. The summed E-state index contributed by atoms with van der Waals surface area (Å²) in [6.07, 6.45) is 0. The molecule has 0 aliphatic heterocycles. The molecule has 2 rings (SSSR count). The van der Waals surface area contributed by atoms with Crippen molar-refractivity contribution in [1.29, 1.82) is 0 Å². The zero-order valence-corrected chi connectivity index (χ0v) is 9.55. The Kier molecular flexibility index (Phi) is 2.18. The smallest absolute Gasteiger partial charge is 0.273 e. The summed E-state index contributed by atoms with van der Waals surface area (Å²) in [7, 11) is 0. The van der Waals surface area contributed by atoms with Crippen LogP contribution in [0.5, 0.6) is 0 Å². The van der Waals surface area contributed by atoms with Crippen LogP contribution < -0.4 is 5.62 Å². The molecular formula is C11H15N3O2. The average molecular weight is 221 g/mol. The van der Waals surface area contributed by atoms with Crippen LogP contribution in [-0.4, -0.2) is 25.4 Å². The Morgan fingerprint density at radius 3 is 1.81 bits per heavy atom. The first-order chi connectivity index (χ1) is 7.40. The Balaban J connectivity index is 2.87. The third kappa shape index (κ3) is 1.64. The highest BCUT2D eigenvalue weighted by Crippen LogP contribution is 2.11. The van der Waals surface area contributed by atoms with Crippen molar-refractivity contribution in [2.45, 2.75) is 26.3 Å². The van der Waals surface area contributed by atoms with Crippen molar-refractivity contribution in [1.82, 2.24) is 9.46 Å². The van der Waals surface area contributed by atoms with Gasteiger partial charge in [-0.05, 0) is 32.9 Å². The van der Waals surface area contributed by atoms with Crippen molar-refractivity contribution in [2.75, 3.05) is 0 Å². The topological polar surface area (TPSA) is 62.7 Å². The highest BCUT2D eigenvalue weighted by molar-refractivity contribution is 5.74. The van der Waals surface area contributed by atoms with Gasteiger partial charge in [0.2, 0.25) is 0 Å². The number of para-hydroxylation sites is 2. The number of nitrogens with zero attached hydrogens (tertiary/aromatic N) is 3. The van der Waals surface area contributed by atoms with Gasteiger partial charge in [-0.2, -0.15) is 0 Å². The maximum Gasteiger partial charge on any atom is 0.273 e. The highest BCUT2D eigenvalue weighted by atomic mass is 16.5. The van der Waals surface area contributed by atoms with E-state index in [-0.39, 0.29) is 11.2 Å². The molecule has 0 fully saturated rings. The Morgan fingerprint density at radius 2 is 1.44 bits per heavy atom. The quantitative estimate of drug-likeness (QED) is 0.664. The minimum Gasteiger partial charge on any atom is -0.425 e. The van der Waals surface area contributed by atoms with Crippen LogP contribution in [0.2, 0.25) is 0 Å². The molecule has 0 unspecified atom stereocenters. The predicted molar refractivity (Wildman–Crippen MR) is 59.6 cm³/mol. The van der Waals surface area contributed by atoms with Crippen molar-refractivity contribution in [3.05, 3.63) is 29.9 Å². The Morgan fingerprint density at radius 1 is 1.00 bits per heavy atom. The lowest BCUT2D eigenvalue weighted by Gasteiger charge is -2.10. The molecule has 0 aliphatic rings. The first-order valence-corrected chi connectivity index (χ1v) is 5.07. The third-order valence-electron chi connectivity index (χ3n) is 2.15. The van der Waals surface area contributed by atoms with Gasteiger partial charge in [0.15, 0.2) is 0 Å². The summed E-state index contributed by atoms with van der Waals surface area (Å²) < 4.78 is 1.78. The van der Waals surface area contributed by atoms with Gasteiger partial charge < -0.3 is 10.4 Å². The van der Waals surface area contributed by atoms with Gasteiger partial charge in [0.1, 0.15) is 11.0 Å². The summed E-state index contributed by atoms with van der Waals surface area (Å²) in [6, 6.07) is 7.00. The van der Waals surface area contributed by atoms with Crippen LogP contribution in [0.15, 0.2) is 29.3 Å². The minimum absolute atomic E-state index is 0.119. The lowest BCUT2D eigenvalue weighted by molar-refractivity contribution is 0.129. The van der Waals surface area contributed by atoms with Crippen LogP contribution >= 0.6 is 0 Å². The van der Waals surface area contributed by atoms with E-state index >= 15 is 0 Å². The molecule has 0 spiro atoms. The van der Waals surface area contributed by atoms with Gasteiger partial charge in [0.05, 0.1) is 5.54 Å². The van der Waals surface area contributed by atoms with E-state index in [2.05, 4.69) is 4.99 Å². The second-order valence-corrected chi connectivity index (χ2v) is 4.69. The van der Waals surface area contributed by atoms with E-state index in [0.29, 0.717) is 11.0 Å². The first kappa shape index (κ1) is 10.6. The molecule has 2 aromatic rings. The fourth-order valence-corrected chi connectivity index (χ4v) is 1.52. The van der Waals surface area contributed by atoms with Crippen LogP contribution in [-0.2, 0) is 0 Å². The van der Waals surface area contributed by atoms with E-state index in [1.54, 1.807) is 24.3 Å². The molecule has 5 heteroatoms. The number of rotatable bonds is 0. The fraction of sp³-hybridized carbons (Fsp3) is 0.364.